The number of sulfonamides is 1. The van der Waals surface area contributed by atoms with Gasteiger partial charge in [-0.1, -0.05) is 16.8 Å². The van der Waals surface area contributed by atoms with E-state index in [-0.39, 0.29) is 22.0 Å². The lowest BCUT2D eigenvalue weighted by atomic mass is 10.1. The van der Waals surface area contributed by atoms with Gasteiger partial charge in [0, 0.05) is 10.6 Å². The van der Waals surface area contributed by atoms with Crippen LogP contribution in [-0.2, 0) is 14.9 Å². The summed E-state index contributed by atoms with van der Waals surface area (Å²) < 4.78 is 61.5. The fourth-order valence-corrected chi connectivity index (χ4v) is 2.12. The molecule has 0 saturated carbocycles. The summed E-state index contributed by atoms with van der Waals surface area (Å²) in [5.74, 6) is 0. The Balaban J connectivity index is 3.27. The molecule has 0 aliphatic carbocycles. The number of rotatable bonds is 4. The zero-order valence-electron chi connectivity index (χ0n) is 12.8. The summed E-state index contributed by atoms with van der Waals surface area (Å²) in [6.45, 7) is 6.65. The molecular formula is C13H16ClF3N2O3S. The summed E-state index contributed by atoms with van der Waals surface area (Å²) in [6, 6.07) is 3.68. The zero-order chi connectivity index (χ0) is 18.1. The maximum atomic E-state index is 12.5. The van der Waals surface area contributed by atoms with Crippen molar-refractivity contribution in [3.63, 3.8) is 0 Å². The van der Waals surface area contributed by atoms with Gasteiger partial charge in [0.15, 0.2) is 0 Å². The zero-order valence-corrected chi connectivity index (χ0v) is 14.4. The minimum absolute atomic E-state index is 0.0783. The molecule has 0 amide bonds. The number of benzene rings is 1. The third-order valence-electron chi connectivity index (χ3n) is 2.38. The highest BCUT2D eigenvalue weighted by Crippen LogP contribution is 2.29. The standard InChI is InChI=1S/C13H16ClF3N2O3S/c1-8(18-22-12(2,3)4)10-7-9(14)5-6-11(10)19-23(20,21)13(15,16)17/h5-7,19H,1-4H3/b18-8+. The highest BCUT2D eigenvalue weighted by molar-refractivity contribution is 7.93. The molecular weight excluding hydrogens is 357 g/mol. The molecule has 5 nitrogen and oxygen atoms in total. The first kappa shape index (κ1) is 19.6. The van der Waals surface area contributed by atoms with Crippen LogP contribution in [0.4, 0.5) is 18.9 Å². The minimum Gasteiger partial charge on any atom is -0.390 e. The molecule has 0 atom stereocenters. The summed E-state index contributed by atoms with van der Waals surface area (Å²) in [4.78, 5) is 5.18. The van der Waals surface area contributed by atoms with Gasteiger partial charge in [0.25, 0.3) is 0 Å². The molecule has 1 aromatic carbocycles. The number of anilines is 1. The lowest BCUT2D eigenvalue weighted by Gasteiger charge is -2.18. The highest BCUT2D eigenvalue weighted by atomic mass is 35.5. The first-order valence-corrected chi connectivity index (χ1v) is 8.21. The Morgan fingerprint density at radius 1 is 1.26 bits per heavy atom. The summed E-state index contributed by atoms with van der Waals surface area (Å²) in [5, 5.41) is 4.01. The van der Waals surface area contributed by atoms with Crippen molar-refractivity contribution in [1.29, 1.82) is 0 Å². The number of nitrogens with one attached hydrogen (secondary N) is 1. The second-order valence-electron chi connectivity index (χ2n) is 5.62. The third-order valence-corrected chi connectivity index (χ3v) is 3.71. The Morgan fingerprint density at radius 3 is 2.30 bits per heavy atom. The predicted molar refractivity (Wildman–Crippen MR) is 83.1 cm³/mol. The number of alkyl halides is 3. The lowest BCUT2D eigenvalue weighted by molar-refractivity contribution is -0.0429. The maximum Gasteiger partial charge on any atom is 0.516 e. The van der Waals surface area contributed by atoms with E-state index in [0.717, 1.165) is 6.07 Å². The Hall–Kier alpha value is -1.48. The van der Waals surface area contributed by atoms with Crippen molar-refractivity contribution in [2.24, 2.45) is 5.16 Å². The van der Waals surface area contributed by atoms with Crippen LogP contribution < -0.4 is 4.72 Å². The van der Waals surface area contributed by atoms with Gasteiger partial charge in [0.05, 0.1) is 11.4 Å². The molecule has 0 aromatic heterocycles. The molecule has 1 rings (SSSR count). The summed E-state index contributed by atoms with van der Waals surface area (Å²) in [5.41, 5.74) is -6.11. The van der Waals surface area contributed by atoms with E-state index in [1.807, 2.05) is 0 Å². The molecule has 1 N–H and O–H groups in total. The van der Waals surface area contributed by atoms with Crippen LogP contribution in [-0.4, -0.2) is 25.2 Å². The molecule has 0 fully saturated rings. The average molecular weight is 373 g/mol. The molecule has 0 aliphatic rings. The van der Waals surface area contributed by atoms with Crippen molar-refractivity contribution in [3.8, 4) is 0 Å². The van der Waals surface area contributed by atoms with Gasteiger partial charge in [-0.15, -0.1) is 0 Å². The quantitative estimate of drug-likeness (QED) is 0.638. The van der Waals surface area contributed by atoms with Gasteiger partial charge in [0.1, 0.15) is 5.60 Å². The molecule has 0 unspecified atom stereocenters. The average Bonchev–Trinajstić information content (AvgIpc) is 2.35. The number of nitrogens with zero attached hydrogens (tertiary/aromatic N) is 1. The molecule has 0 aliphatic heterocycles. The Labute approximate surface area is 137 Å². The largest absolute Gasteiger partial charge is 0.516 e. The molecule has 10 heteroatoms. The summed E-state index contributed by atoms with van der Waals surface area (Å²) in [6.07, 6.45) is 0. The van der Waals surface area contributed by atoms with Crippen LogP contribution in [0.25, 0.3) is 0 Å². The van der Waals surface area contributed by atoms with Gasteiger partial charge in [-0.2, -0.15) is 21.6 Å². The Kier molecular flexibility index (Phi) is 5.58. The van der Waals surface area contributed by atoms with E-state index < -0.39 is 21.1 Å². The van der Waals surface area contributed by atoms with Crippen molar-refractivity contribution >= 4 is 33.0 Å². The molecule has 0 bridgehead atoms. The molecule has 0 saturated heterocycles. The van der Waals surface area contributed by atoms with Crippen LogP contribution in [0.1, 0.15) is 33.3 Å². The van der Waals surface area contributed by atoms with Crippen molar-refractivity contribution in [3.05, 3.63) is 28.8 Å². The lowest BCUT2D eigenvalue weighted by Crippen LogP contribution is -2.30. The summed E-state index contributed by atoms with van der Waals surface area (Å²) in [7, 11) is -5.55. The van der Waals surface area contributed by atoms with Crippen LogP contribution in [0.2, 0.25) is 5.02 Å². The fourth-order valence-electron chi connectivity index (χ4n) is 1.36. The van der Waals surface area contributed by atoms with Crippen LogP contribution in [0.15, 0.2) is 23.4 Å². The molecule has 130 valence electrons. The van der Waals surface area contributed by atoms with Crippen molar-refractivity contribution in [2.45, 2.75) is 38.8 Å². The minimum atomic E-state index is -5.55. The molecule has 0 spiro atoms. The second-order valence-corrected chi connectivity index (χ2v) is 7.73. The van der Waals surface area contributed by atoms with E-state index in [9.17, 15) is 21.6 Å². The smallest absolute Gasteiger partial charge is 0.390 e. The van der Waals surface area contributed by atoms with Crippen molar-refractivity contribution in [1.82, 2.24) is 0 Å². The number of hydrogen-bond acceptors (Lipinski definition) is 4. The molecule has 0 radical (unpaired) electrons. The maximum absolute atomic E-state index is 12.5. The Bertz CT molecular complexity index is 710. The van der Waals surface area contributed by atoms with Crippen LogP contribution in [0, 0.1) is 0 Å². The summed E-state index contributed by atoms with van der Waals surface area (Å²) >= 11 is 5.82. The first-order chi connectivity index (χ1) is 10.2. The van der Waals surface area contributed by atoms with E-state index in [0.29, 0.717) is 0 Å². The van der Waals surface area contributed by atoms with Gasteiger partial charge in [-0.05, 0) is 45.9 Å². The van der Waals surface area contributed by atoms with E-state index in [1.54, 1.807) is 20.8 Å². The molecule has 0 heterocycles. The van der Waals surface area contributed by atoms with E-state index in [2.05, 4.69) is 5.16 Å². The topological polar surface area (TPSA) is 67.8 Å². The van der Waals surface area contributed by atoms with Crippen molar-refractivity contribution in [2.75, 3.05) is 4.72 Å². The van der Waals surface area contributed by atoms with Crippen molar-refractivity contribution < 1.29 is 26.4 Å². The van der Waals surface area contributed by atoms with Crippen LogP contribution in [0.3, 0.4) is 0 Å². The van der Waals surface area contributed by atoms with Gasteiger partial charge in [0.2, 0.25) is 0 Å². The molecule has 23 heavy (non-hydrogen) atoms. The van der Waals surface area contributed by atoms with Gasteiger partial charge >= 0.3 is 15.5 Å². The third kappa shape index (κ3) is 5.58. The van der Waals surface area contributed by atoms with Gasteiger partial charge in [-0.25, -0.2) is 0 Å². The predicted octanol–water partition coefficient (Wildman–Crippen LogP) is 4.14. The molecule has 1 aromatic rings. The number of hydrogen-bond donors (Lipinski definition) is 1. The van der Waals surface area contributed by atoms with Gasteiger partial charge < -0.3 is 4.84 Å². The SMILES string of the molecule is C/C(=N\OC(C)(C)C)c1cc(Cl)ccc1NS(=O)(=O)C(F)(F)F. The van der Waals surface area contributed by atoms with E-state index >= 15 is 0 Å². The first-order valence-electron chi connectivity index (χ1n) is 6.35. The highest BCUT2D eigenvalue weighted by Gasteiger charge is 2.46. The van der Waals surface area contributed by atoms with Crippen LogP contribution >= 0.6 is 11.6 Å². The van der Waals surface area contributed by atoms with E-state index in [1.165, 1.54) is 23.8 Å². The number of halogens is 4. The monoisotopic (exact) mass is 372 g/mol. The number of oxime groups is 1. The normalized spacial score (nSPS) is 13.8. The van der Waals surface area contributed by atoms with Crippen LogP contribution in [0.5, 0.6) is 0 Å². The fraction of sp³-hybridized carbons (Fsp3) is 0.462. The van der Waals surface area contributed by atoms with Gasteiger partial charge in [-0.3, -0.25) is 4.72 Å². The van der Waals surface area contributed by atoms with E-state index in [4.69, 9.17) is 16.4 Å². The second kappa shape index (κ2) is 6.56. The Morgan fingerprint density at radius 2 is 1.83 bits per heavy atom.